The Bertz CT molecular complexity index is 522. The maximum atomic E-state index is 12.1. The number of hydrogen-bond acceptors (Lipinski definition) is 4. The smallest absolute Gasteiger partial charge is 0.283 e. The van der Waals surface area contributed by atoms with Gasteiger partial charge in [0.25, 0.3) is 5.56 Å². The lowest BCUT2D eigenvalue weighted by atomic mass is 10.2. The largest absolute Gasteiger partial charge is 0.381 e. The number of nitrogens with zero attached hydrogens (tertiary/aromatic N) is 2. The van der Waals surface area contributed by atoms with Gasteiger partial charge in [-0.3, -0.25) is 4.79 Å². The summed E-state index contributed by atoms with van der Waals surface area (Å²) in [5, 5.41) is 7.45. The summed E-state index contributed by atoms with van der Waals surface area (Å²) in [5.41, 5.74) is 6.72. The fourth-order valence-electron chi connectivity index (χ4n) is 2.18. The van der Waals surface area contributed by atoms with E-state index in [1.807, 2.05) is 0 Å². The normalized spacial score (nSPS) is 20.3. The Morgan fingerprint density at radius 2 is 2.21 bits per heavy atom. The molecule has 104 valence electrons. The van der Waals surface area contributed by atoms with E-state index in [-0.39, 0.29) is 11.6 Å². The van der Waals surface area contributed by atoms with Gasteiger partial charge in [-0.1, -0.05) is 0 Å². The minimum absolute atomic E-state index is 0.0584. The Kier molecular flexibility index (Phi) is 3.62. The lowest BCUT2D eigenvalue weighted by molar-refractivity contribution is 0.531. The van der Waals surface area contributed by atoms with Crippen molar-refractivity contribution in [1.29, 1.82) is 0 Å². The highest BCUT2D eigenvalue weighted by molar-refractivity contribution is 9.10. The zero-order valence-electron chi connectivity index (χ0n) is 10.8. The lowest BCUT2D eigenvalue weighted by Crippen LogP contribution is -2.32. The summed E-state index contributed by atoms with van der Waals surface area (Å²) in [6.07, 6.45) is 6.59. The van der Waals surface area contributed by atoms with E-state index >= 15 is 0 Å². The van der Waals surface area contributed by atoms with Crippen molar-refractivity contribution < 1.29 is 0 Å². The van der Waals surface area contributed by atoms with Crippen LogP contribution in [0.4, 0.5) is 5.69 Å². The van der Waals surface area contributed by atoms with Crippen LogP contribution in [0.3, 0.4) is 0 Å². The molecule has 0 saturated heterocycles. The molecule has 1 heterocycles. The quantitative estimate of drug-likeness (QED) is 0.832. The summed E-state index contributed by atoms with van der Waals surface area (Å²) in [5.74, 6) is 1.29. The summed E-state index contributed by atoms with van der Waals surface area (Å²) < 4.78 is 2.11. The lowest BCUT2D eigenvalue weighted by Gasteiger charge is -2.14. The molecule has 1 aromatic heterocycles. The second-order valence-corrected chi connectivity index (χ2v) is 6.48. The van der Waals surface area contributed by atoms with Gasteiger partial charge in [0, 0.05) is 19.1 Å². The molecule has 3 N–H and O–H groups in total. The Balaban J connectivity index is 1.67. The summed E-state index contributed by atoms with van der Waals surface area (Å²) in [6.45, 7) is 1.43. The summed E-state index contributed by atoms with van der Waals surface area (Å²) >= 11 is 3.37. The van der Waals surface area contributed by atoms with Crippen molar-refractivity contribution >= 4 is 21.6 Å². The van der Waals surface area contributed by atoms with Crippen LogP contribution < -0.4 is 16.6 Å². The van der Waals surface area contributed by atoms with Gasteiger partial charge in [-0.15, -0.1) is 0 Å². The molecular weight excluding hydrogens is 308 g/mol. The first kappa shape index (κ1) is 13.1. The van der Waals surface area contributed by atoms with Gasteiger partial charge in [-0.25, -0.2) is 4.68 Å². The fraction of sp³-hybridized carbons (Fsp3) is 0.692. The van der Waals surface area contributed by atoms with Gasteiger partial charge in [0.1, 0.15) is 4.47 Å². The Morgan fingerprint density at radius 1 is 1.47 bits per heavy atom. The van der Waals surface area contributed by atoms with E-state index in [1.165, 1.54) is 25.7 Å². The van der Waals surface area contributed by atoms with E-state index in [0.717, 1.165) is 12.2 Å². The molecule has 0 bridgehead atoms. The average Bonchev–Trinajstić information content (AvgIpc) is 3.27. The first-order valence-electron chi connectivity index (χ1n) is 6.90. The van der Waals surface area contributed by atoms with Crippen LogP contribution in [-0.4, -0.2) is 22.4 Å². The average molecular weight is 327 g/mol. The highest BCUT2D eigenvalue weighted by Crippen LogP contribution is 2.32. The van der Waals surface area contributed by atoms with Gasteiger partial charge in [-0.05, 0) is 53.4 Å². The number of rotatable bonds is 6. The molecule has 19 heavy (non-hydrogen) atoms. The predicted octanol–water partition coefficient (Wildman–Crippen LogP) is 1.56. The maximum Gasteiger partial charge on any atom is 0.283 e. The standard InChI is InChI=1S/C13H19BrN4O/c14-12-11(16-5-10(15)9-3-4-9)6-17-18(13(12)19)7-8-1-2-8/h6,8-10,16H,1-5,7,15H2. The van der Waals surface area contributed by atoms with Crippen molar-refractivity contribution in [2.75, 3.05) is 11.9 Å². The number of anilines is 1. The monoisotopic (exact) mass is 326 g/mol. The number of nitrogens with two attached hydrogens (primary N) is 1. The number of hydrogen-bond donors (Lipinski definition) is 2. The molecule has 1 aromatic rings. The molecule has 1 unspecified atom stereocenters. The predicted molar refractivity (Wildman–Crippen MR) is 78.1 cm³/mol. The SMILES string of the molecule is NC(CNc1cnn(CC2CC2)c(=O)c1Br)C1CC1. The van der Waals surface area contributed by atoms with Gasteiger partial charge >= 0.3 is 0 Å². The Morgan fingerprint density at radius 3 is 2.84 bits per heavy atom. The van der Waals surface area contributed by atoms with Gasteiger partial charge in [0.2, 0.25) is 0 Å². The van der Waals surface area contributed by atoms with E-state index in [9.17, 15) is 4.79 Å². The molecule has 2 aliphatic carbocycles. The molecule has 2 saturated carbocycles. The summed E-state index contributed by atoms with van der Waals surface area (Å²) in [7, 11) is 0. The van der Waals surface area contributed by atoms with Crippen LogP contribution >= 0.6 is 15.9 Å². The topological polar surface area (TPSA) is 72.9 Å². The maximum absolute atomic E-state index is 12.1. The number of nitrogens with one attached hydrogen (secondary N) is 1. The van der Waals surface area contributed by atoms with E-state index in [0.29, 0.717) is 22.9 Å². The minimum Gasteiger partial charge on any atom is -0.381 e. The Labute approximate surface area is 120 Å². The second kappa shape index (κ2) is 5.25. The van der Waals surface area contributed by atoms with Crippen LogP contribution in [0.15, 0.2) is 15.5 Å². The van der Waals surface area contributed by atoms with Gasteiger partial charge in [-0.2, -0.15) is 5.10 Å². The fourth-order valence-corrected chi connectivity index (χ4v) is 2.63. The molecule has 1 atom stereocenters. The second-order valence-electron chi connectivity index (χ2n) is 5.69. The molecule has 0 radical (unpaired) electrons. The van der Waals surface area contributed by atoms with Crippen LogP contribution in [0.1, 0.15) is 25.7 Å². The molecule has 2 fully saturated rings. The van der Waals surface area contributed by atoms with E-state index < -0.39 is 0 Å². The van der Waals surface area contributed by atoms with Gasteiger partial charge < -0.3 is 11.1 Å². The van der Waals surface area contributed by atoms with Crippen LogP contribution in [0, 0.1) is 11.8 Å². The van der Waals surface area contributed by atoms with Crippen molar-refractivity contribution in [2.24, 2.45) is 17.6 Å². The highest BCUT2D eigenvalue weighted by atomic mass is 79.9. The zero-order chi connectivity index (χ0) is 13.4. The molecule has 0 aromatic carbocycles. The minimum atomic E-state index is -0.0584. The number of aromatic nitrogens is 2. The van der Waals surface area contributed by atoms with E-state index in [1.54, 1.807) is 10.9 Å². The van der Waals surface area contributed by atoms with Crippen molar-refractivity contribution in [3.63, 3.8) is 0 Å². The van der Waals surface area contributed by atoms with E-state index in [4.69, 9.17) is 5.73 Å². The Hall–Kier alpha value is -0.880. The van der Waals surface area contributed by atoms with Crippen LogP contribution in [-0.2, 0) is 6.54 Å². The van der Waals surface area contributed by atoms with Crippen molar-refractivity contribution in [3.05, 3.63) is 21.0 Å². The molecule has 5 nitrogen and oxygen atoms in total. The third-order valence-corrected chi connectivity index (χ3v) is 4.64. The third-order valence-electron chi connectivity index (χ3n) is 3.87. The zero-order valence-corrected chi connectivity index (χ0v) is 12.4. The van der Waals surface area contributed by atoms with Crippen molar-refractivity contribution in [3.8, 4) is 0 Å². The van der Waals surface area contributed by atoms with Crippen LogP contribution in [0.5, 0.6) is 0 Å². The highest BCUT2D eigenvalue weighted by Gasteiger charge is 2.28. The molecular formula is C13H19BrN4O. The van der Waals surface area contributed by atoms with Crippen LogP contribution in [0.2, 0.25) is 0 Å². The summed E-state index contributed by atoms with van der Waals surface area (Å²) in [6, 6.07) is 0.167. The first-order valence-corrected chi connectivity index (χ1v) is 7.69. The molecule has 0 aliphatic heterocycles. The van der Waals surface area contributed by atoms with E-state index in [2.05, 4.69) is 26.3 Å². The first-order chi connectivity index (χ1) is 9.15. The van der Waals surface area contributed by atoms with Crippen molar-refractivity contribution in [1.82, 2.24) is 9.78 Å². The molecule has 2 aliphatic rings. The molecule has 0 amide bonds. The van der Waals surface area contributed by atoms with Crippen molar-refractivity contribution in [2.45, 2.75) is 38.3 Å². The molecule has 6 heteroatoms. The summed E-state index contributed by atoms with van der Waals surface area (Å²) in [4.78, 5) is 12.1. The van der Waals surface area contributed by atoms with Gasteiger partial charge in [0.15, 0.2) is 0 Å². The molecule has 0 spiro atoms. The van der Waals surface area contributed by atoms with Gasteiger partial charge in [0.05, 0.1) is 11.9 Å². The third kappa shape index (κ3) is 3.17. The number of halogens is 1. The van der Waals surface area contributed by atoms with Crippen LogP contribution in [0.25, 0.3) is 0 Å². The molecule has 3 rings (SSSR count).